The number of carbonyl (C=O) groups excluding carboxylic acids is 1. The lowest BCUT2D eigenvalue weighted by Gasteiger charge is -2.07. The predicted molar refractivity (Wildman–Crippen MR) is 63.4 cm³/mol. The largest absolute Gasteiger partial charge is 0.481 e. The van der Waals surface area contributed by atoms with Gasteiger partial charge in [-0.1, -0.05) is 6.07 Å². The van der Waals surface area contributed by atoms with Crippen molar-refractivity contribution < 1.29 is 24.5 Å². The molecule has 0 saturated heterocycles. The van der Waals surface area contributed by atoms with Crippen molar-refractivity contribution in [2.75, 3.05) is 5.32 Å². The number of carboxylic acid groups (broad SMARTS) is 1. The van der Waals surface area contributed by atoms with Gasteiger partial charge in [-0.2, -0.15) is 0 Å². The summed E-state index contributed by atoms with van der Waals surface area (Å²) >= 11 is 0. The Kier molecular flexibility index (Phi) is 3.64. The van der Waals surface area contributed by atoms with E-state index in [0.29, 0.717) is 16.7 Å². The summed E-state index contributed by atoms with van der Waals surface area (Å²) in [6, 6.07) is 4.93. The van der Waals surface area contributed by atoms with Gasteiger partial charge in [-0.25, -0.2) is 0 Å². The number of rotatable bonds is 4. The van der Waals surface area contributed by atoms with Gasteiger partial charge in [0.05, 0.1) is 6.42 Å². The molecule has 1 aromatic carbocycles. The van der Waals surface area contributed by atoms with E-state index < -0.39 is 12.3 Å². The van der Waals surface area contributed by atoms with Gasteiger partial charge in [0.25, 0.3) is 0 Å². The second kappa shape index (κ2) is 5.20. The van der Waals surface area contributed by atoms with Crippen LogP contribution >= 0.6 is 0 Å². The summed E-state index contributed by atoms with van der Waals surface area (Å²) in [6.07, 6.45) is -1.24. The Labute approximate surface area is 104 Å². The Morgan fingerprint density at radius 3 is 2.89 bits per heavy atom. The number of benzene rings is 1. The van der Waals surface area contributed by atoms with E-state index in [9.17, 15) is 14.7 Å². The van der Waals surface area contributed by atoms with Gasteiger partial charge in [0, 0.05) is 17.7 Å². The zero-order valence-electron chi connectivity index (χ0n) is 9.42. The fourth-order valence-electron chi connectivity index (χ4n) is 1.63. The monoisotopic (exact) mass is 248 g/mol. The number of hydrogen-bond acceptors (Lipinski definition) is 4. The van der Waals surface area contributed by atoms with E-state index in [1.54, 1.807) is 18.2 Å². The molecule has 2 rings (SSSR count). The normalized spacial score (nSPS) is 16.8. The van der Waals surface area contributed by atoms with E-state index in [4.69, 9.17) is 9.76 Å². The summed E-state index contributed by atoms with van der Waals surface area (Å²) in [6.45, 7) is 0. The Morgan fingerprint density at radius 2 is 2.17 bits per heavy atom. The minimum atomic E-state index is -1.01. The average Bonchev–Trinajstić information content (AvgIpc) is 2.68. The first-order chi connectivity index (χ1) is 8.56. The average molecular weight is 248 g/mol. The second-order valence-electron chi connectivity index (χ2n) is 3.89. The molecule has 1 heterocycles. The van der Waals surface area contributed by atoms with Crippen molar-refractivity contribution in [2.45, 2.75) is 19.1 Å². The third kappa shape index (κ3) is 2.88. The van der Waals surface area contributed by atoms with Crippen LogP contribution in [0.1, 0.15) is 24.7 Å². The summed E-state index contributed by atoms with van der Waals surface area (Å²) in [5, 5.41) is 20.4. The molecule has 0 saturated carbocycles. The first-order valence-corrected chi connectivity index (χ1v) is 5.38. The second-order valence-corrected chi connectivity index (χ2v) is 3.89. The lowest BCUT2D eigenvalue weighted by atomic mass is 9.87. The number of anilines is 1. The highest BCUT2D eigenvalue weighted by atomic mass is 16.6. The molecule has 3 N–H and O–H groups in total. The fourth-order valence-corrected chi connectivity index (χ4v) is 1.63. The van der Waals surface area contributed by atoms with Crippen molar-refractivity contribution in [3.8, 4) is 0 Å². The van der Waals surface area contributed by atoms with Crippen LogP contribution in [0, 0.1) is 0 Å². The number of aliphatic hydroxyl groups is 1. The van der Waals surface area contributed by atoms with Crippen molar-refractivity contribution in [1.29, 1.82) is 0 Å². The number of aliphatic carboxylic acids is 1. The number of aliphatic hydroxyl groups excluding tert-OH is 1. The Bertz CT molecular complexity index is 490. The Balaban J connectivity index is 1.98. The molecular weight excluding hydrogens is 237 g/mol. The summed E-state index contributed by atoms with van der Waals surface area (Å²) < 4.78 is 4.90. The van der Waals surface area contributed by atoms with Gasteiger partial charge in [0.15, 0.2) is 6.29 Å². The number of hydrogen-bond donors (Lipinski definition) is 3. The van der Waals surface area contributed by atoms with E-state index in [2.05, 4.69) is 5.32 Å². The summed E-state index contributed by atoms with van der Waals surface area (Å²) in [5.41, 5.74) is 1.87. The zero-order valence-corrected chi connectivity index (χ0v) is 9.42. The van der Waals surface area contributed by atoms with E-state index in [0.717, 1.165) is 0 Å². The topological polar surface area (TPSA) is 95.9 Å². The van der Waals surface area contributed by atoms with Gasteiger partial charge in [0.1, 0.15) is 0 Å². The van der Waals surface area contributed by atoms with Crippen LogP contribution in [0.4, 0.5) is 5.69 Å². The molecule has 0 fully saturated rings. The van der Waals surface area contributed by atoms with Crippen LogP contribution in [0.15, 0.2) is 18.2 Å². The van der Waals surface area contributed by atoms with Crippen molar-refractivity contribution in [2.24, 2.45) is 0 Å². The quantitative estimate of drug-likeness (QED) is 0.639. The van der Waals surface area contributed by atoms with Crippen LogP contribution in [0.25, 0.3) is 0 Å². The molecule has 18 heavy (non-hydrogen) atoms. The number of nitrogens with one attached hydrogen (secondary N) is 1. The van der Waals surface area contributed by atoms with Crippen LogP contribution < -0.4 is 10.8 Å². The summed E-state index contributed by atoms with van der Waals surface area (Å²) in [7, 11) is 1.41. The first-order valence-electron chi connectivity index (χ1n) is 5.38. The number of carbonyl (C=O) groups is 2. The van der Waals surface area contributed by atoms with E-state index in [1.165, 1.54) is 7.48 Å². The highest BCUT2D eigenvalue weighted by molar-refractivity contribution is 6.49. The van der Waals surface area contributed by atoms with Crippen molar-refractivity contribution in [1.82, 2.24) is 0 Å². The maximum atomic E-state index is 11.4. The van der Waals surface area contributed by atoms with Crippen LogP contribution in [0.5, 0.6) is 0 Å². The molecule has 93 valence electrons. The Morgan fingerprint density at radius 1 is 1.39 bits per heavy atom. The molecule has 1 aromatic rings. The number of carboxylic acids is 1. The lowest BCUT2D eigenvalue weighted by Crippen LogP contribution is -2.17. The predicted octanol–water partition coefficient (Wildman–Crippen LogP) is -0.244. The molecule has 1 amide bonds. The molecule has 1 radical (unpaired) electrons. The van der Waals surface area contributed by atoms with Gasteiger partial charge in [0.2, 0.25) is 5.91 Å². The van der Waals surface area contributed by atoms with E-state index in [1.807, 2.05) is 0 Å². The molecule has 1 atom stereocenters. The highest BCUT2D eigenvalue weighted by Crippen LogP contribution is 2.19. The Hall–Kier alpha value is -1.86. The third-order valence-electron chi connectivity index (χ3n) is 2.53. The molecule has 0 aromatic heterocycles. The minimum Gasteiger partial charge on any atom is -0.481 e. The summed E-state index contributed by atoms with van der Waals surface area (Å²) in [4.78, 5) is 21.7. The number of fused-ring (bicyclic) bond motifs is 1. The summed E-state index contributed by atoms with van der Waals surface area (Å²) in [5.74, 6) is -1.37. The van der Waals surface area contributed by atoms with E-state index >= 15 is 0 Å². The number of amides is 1. The van der Waals surface area contributed by atoms with Crippen LogP contribution in [-0.2, 0) is 14.2 Å². The molecule has 0 spiro atoms. The fraction of sp³-hybridized carbons (Fsp3) is 0.273. The molecule has 7 heteroatoms. The zero-order chi connectivity index (χ0) is 13.1. The van der Waals surface area contributed by atoms with Gasteiger partial charge < -0.3 is 20.2 Å². The van der Waals surface area contributed by atoms with Crippen LogP contribution in [0.2, 0.25) is 0 Å². The van der Waals surface area contributed by atoms with Crippen molar-refractivity contribution in [3.05, 3.63) is 23.8 Å². The van der Waals surface area contributed by atoms with Gasteiger partial charge in [-0.15, -0.1) is 0 Å². The van der Waals surface area contributed by atoms with E-state index in [-0.39, 0.29) is 18.7 Å². The molecule has 6 nitrogen and oxygen atoms in total. The van der Waals surface area contributed by atoms with Gasteiger partial charge >= 0.3 is 13.5 Å². The van der Waals surface area contributed by atoms with Gasteiger partial charge in [-0.3, -0.25) is 9.59 Å². The highest BCUT2D eigenvalue weighted by Gasteiger charge is 2.22. The molecule has 1 unspecified atom stereocenters. The third-order valence-corrected chi connectivity index (χ3v) is 2.53. The SMILES string of the molecule is O=C(O)CCC(=O)Nc1ccc2c(c1)[B]OC2O. The first kappa shape index (κ1) is 12.6. The smallest absolute Gasteiger partial charge is 0.334 e. The van der Waals surface area contributed by atoms with Crippen molar-refractivity contribution in [3.63, 3.8) is 0 Å². The standard InChI is InChI=1S/C11H11BNO5/c14-9(3-4-10(15)16)13-6-1-2-7-8(5-6)12-18-11(7)17/h1-2,5,11,17H,3-4H2,(H,13,14)(H,15,16). The van der Waals surface area contributed by atoms with Crippen LogP contribution in [0.3, 0.4) is 0 Å². The van der Waals surface area contributed by atoms with Crippen LogP contribution in [-0.4, -0.2) is 29.6 Å². The molecule has 0 aliphatic carbocycles. The maximum Gasteiger partial charge on any atom is 0.334 e. The van der Waals surface area contributed by atoms with Gasteiger partial charge in [-0.05, 0) is 17.6 Å². The minimum absolute atomic E-state index is 0.0741. The van der Waals surface area contributed by atoms with Crippen molar-refractivity contribution >= 4 is 30.5 Å². The maximum absolute atomic E-state index is 11.4. The molecule has 1 aliphatic rings. The molecule has 1 aliphatic heterocycles. The molecular formula is C11H11BNO5. The molecule has 0 bridgehead atoms. The lowest BCUT2D eigenvalue weighted by molar-refractivity contribution is -0.138.